The van der Waals surface area contributed by atoms with Gasteiger partial charge in [-0.3, -0.25) is 4.79 Å². The fourth-order valence-corrected chi connectivity index (χ4v) is 2.24. The standard InChI is InChI=1S/C5H4BrNOS2/c1-2-3(4(8)9)10-5(6)7-2/h1H3,(H,8,9). The molecule has 1 rings (SSSR count). The summed E-state index contributed by atoms with van der Waals surface area (Å²) in [7, 11) is 0. The Morgan fingerprint density at radius 1 is 1.80 bits per heavy atom. The Bertz CT molecular complexity index is 271. The smallest absolute Gasteiger partial charge is 0.228 e. The zero-order chi connectivity index (χ0) is 7.72. The van der Waals surface area contributed by atoms with Gasteiger partial charge in [-0.05, 0) is 22.9 Å². The maximum Gasteiger partial charge on any atom is 0.228 e. The highest BCUT2D eigenvalue weighted by molar-refractivity contribution is 9.11. The molecule has 2 nitrogen and oxygen atoms in total. The van der Waals surface area contributed by atoms with Crippen molar-refractivity contribution in [3.05, 3.63) is 14.5 Å². The van der Waals surface area contributed by atoms with E-state index in [1.165, 1.54) is 11.3 Å². The van der Waals surface area contributed by atoms with Crippen molar-refractivity contribution >= 4 is 45.0 Å². The first-order valence-corrected chi connectivity index (χ1v) is 4.53. The number of halogens is 1. The van der Waals surface area contributed by atoms with Crippen LogP contribution in [0, 0.1) is 6.92 Å². The molecule has 0 unspecified atom stereocenters. The molecule has 0 amide bonds. The van der Waals surface area contributed by atoms with E-state index in [2.05, 4.69) is 33.5 Å². The third-order valence-electron chi connectivity index (χ3n) is 0.965. The molecule has 0 spiro atoms. The number of carbonyl (C=O) groups excluding carboxylic acids is 1. The van der Waals surface area contributed by atoms with Gasteiger partial charge in [-0.1, -0.05) is 12.6 Å². The number of nitrogens with zero attached hydrogens (tertiary/aromatic N) is 1. The van der Waals surface area contributed by atoms with E-state index < -0.39 is 0 Å². The van der Waals surface area contributed by atoms with Gasteiger partial charge in [0.2, 0.25) is 5.12 Å². The molecule has 0 fully saturated rings. The summed E-state index contributed by atoms with van der Waals surface area (Å²) in [4.78, 5) is 15.3. The van der Waals surface area contributed by atoms with Gasteiger partial charge in [-0.25, -0.2) is 4.98 Å². The van der Waals surface area contributed by atoms with E-state index in [-0.39, 0.29) is 5.12 Å². The van der Waals surface area contributed by atoms with E-state index in [0.29, 0.717) is 4.88 Å². The van der Waals surface area contributed by atoms with Crippen molar-refractivity contribution in [2.45, 2.75) is 6.92 Å². The first-order valence-electron chi connectivity index (χ1n) is 2.47. The molecule has 0 aromatic carbocycles. The number of thiol groups is 1. The molecule has 0 bridgehead atoms. The molecule has 1 heterocycles. The highest BCUT2D eigenvalue weighted by Crippen LogP contribution is 2.23. The van der Waals surface area contributed by atoms with E-state index in [4.69, 9.17) is 0 Å². The molecule has 0 aliphatic heterocycles. The van der Waals surface area contributed by atoms with Crippen molar-refractivity contribution in [3.8, 4) is 0 Å². The van der Waals surface area contributed by atoms with E-state index >= 15 is 0 Å². The highest BCUT2D eigenvalue weighted by Gasteiger charge is 2.09. The normalized spacial score (nSPS) is 9.90. The van der Waals surface area contributed by atoms with Crippen LogP contribution in [0.1, 0.15) is 15.4 Å². The van der Waals surface area contributed by atoms with Gasteiger partial charge >= 0.3 is 0 Å². The Hall–Kier alpha value is 0.130. The predicted molar refractivity (Wildman–Crippen MR) is 47.9 cm³/mol. The number of thiazole rings is 1. The Labute approximate surface area is 76.2 Å². The summed E-state index contributed by atoms with van der Waals surface area (Å²) < 4.78 is 0.724. The van der Waals surface area contributed by atoms with E-state index in [1.807, 2.05) is 0 Å². The van der Waals surface area contributed by atoms with Gasteiger partial charge in [0.05, 0.1) is 5.69 Å². The van der Waals surface area contributed by atoms with Crippen LogP contribution < -0.4 is 0 Å². The second kappa shape index (κ2) is 3.02. The van der Waals surface area contributed by atoms with Crippen LogP contribution in [0.15, 0.2) is 3.92 Å². The predicted octanol–water partition coefficient (Wildman–Crippen LogP) is 2.28. The SMILES string of the molecule is Cc1nc(Br)sc1C(=O)S. The number of hydrogen-bond donors (Lipinski definition) is 1. The van der Waals surface area contributed by atoms with Crippen LogP contribution in [-0.4, -0.2) is 10.1 Å². The molecule has 10 heavy (non-hydrogen) atoms. The van der Waals surface area contributed by atoms with Crippen molar-refractivity contribution in [1.29, 1.82) is 0 Å². The zero-order valence-electron chi connectivity index (χ0n) is 5.09. The van der Waals surface area contributed by atoms with Gasteiger partial charge in [-0.2, -0.15) is 0 Å². The van der Waals surface area contributed by atoms with E-state index in [9.17, 15) is 4.79 Å². The lowest BCUT2D eigenvalue weighted by Gasteiger charge is -1.84. The number of rotatable bonds is 1. The summed E-state index contributed by atoms with van der Waals surface area (Å²) in [5.74, 6) is 0. The Morgan fingerprint density at radius 3 is 2.60 bits per heavy atom. The van der Waals surface area contributed by atoms with Crippen LogP contribution in [-0.2, 0) is 0 Å². The quantitative estimate of drug-likeness (QED) is 0.760. The largest absolute Gasteiger partial charge is 0.281 e. The summed E-state index contributed by atoms with van der Waals surface area (Å²) in [6.45, 7) is 1.78. The first-order chi connectivity index (χ1) is 4.61. The molecule has 0 aliphatic rings. The second-order valence-corrected chi connectivity index (χ2v) is 4.37. The van der Waals surface area contributed by atoms with Crippen molar-refractivity contribution in [2.75, 3.05) is 0 Å². The minimum Gasteiger partial charge on any atom is -0.281 e. The number of aromatic nitrogens is 1. The first kappa shape index (κ1) is 8.23. The van der Waals surface area contributed by atoms with Gasteiger partial charge in [0.15, 0.2) is 3.92 Å². The molecule has 5 heteroatoms. The summed E-state index contributed by atoms with van der Waals surface area (Å²) >= 11 is 8.16. The van der Waals surface area contributed by atoms with Crippen LogP contribution in [0.3, 0.4) is 0 Å². The van der Waals surface area contributed by atoms with Gasteiger partial charge < -0.3 is 0 Å². The summed E-state index contributed by atoms with van der Waals surface area (Å²) in [6.07, 6.45) is 0. The number of aryl methyl sites for hydroxylation is 1. The molecule has 1 aromatic heterocycles. The van der Waals surface area contributed by atoms with Gasteiger partial charge in [0.1, 0.15) is 4.88 Å². The highest BCUT2D eigenvalue weighted by atomic mass is 79.9. The van der Waals surface area contributed by atoms with Gasteiger partial charge in [0, 0.05) is 0 Å². The zero-order valence-corrected chi connectivity index (χ0v) is 8.39. The summed E-state index contributed by atoms with van der Waals surface area (Å²) in [6, 6.07) is 0. The monoisotopic (exact) mass is 237 g/mol. The third kappa shape index (κ3) is 1.59. The molecule has 0 N–H and O–H groups in total. The van der Waals surface area contributed by atoms with Crippen molar-refractivity contribution in [1.82, 2.24) is 4.98 Å². The lowest BCUT2D eigenvalue weighted by atomic mass is 10.4. The Balaban J connectivity index is 3.15. The fourth-order valence-electron chi connectivity index (χ4n) is 0.562. The molecule has 1 aromatic rings. The van der Waals surface area contributed by atoms with Crippen LogP contribution in [0.2, 0.25) is 0 Å². The van der Waals surface area contributed by atoms with E-state index in [1.54, 1.807) is 6.92 Å². The third-order valence-corrected chi connectivity index (χ3v) is 2.95. The topological polar surface area (TPSA) is 30.0 Å². The lowest BCUT2D eigenvalue weighted by Crippen LogP contribution is -1.86. The Kier molecular flexibility index (Phi) is 2.49. The lowest BCUT2D eigenvalue weighted by molar-refractivity contribution is 0.109. The van der Waals surface area contributed by atoms with Crippen LogP contribution in [0.4, 0.5) is 0 Å². The van der Waals surface area contributed by atoms with Crippen LogP contribution >= 0.6 is 39.9 Å². The second-order valence-electron chi connectivity index (χ2n) is 1.69. The maximum absolute atomic E-state index is 10.7. The minimum atomic E-state index is -0.222. The summed E-state index contributed by atoms with van der Waals surface area (Å²) in [5, 5.41) is -0.222. The molecule has 54 valence electrons. The molecule has 0 saturated heterocycles. The molecule has 0 aliphatic carbocycles. The fraction of sp³-hybridized carbons (Fsp3) is 0.200. The van der Waals surface area contributed by atoms with E-state index in [0.717, 1.165) is 9.61 Å². The summed E-state index contributed by atoms with van der Waals surface area (Å²) in [5.41, 5.74) is 0.733. The Morgan fingerprint density at radius 2 is 2.40 bits per heavy atom. The van der Waals surface area contributed by atoms with Gasteiger partial charge in [0.25, 0.3) is 0 Å². The molecular weight excluding hydrogens is 234 g/mol. The minimum absolute atomic E-state index is 0.222. The molecular formula is C5H4BrNOS2. The van der Waals surface area contributed by atoms with Crippen molar-refractivity contribution in [3.63, 3.8) is 0 Å². The maximum atomic E-state index is 10.7. The molecule has 0 saturated carbocycles. The number of hydrogen-bond acceptors (Lipinski definition) is 3. The van der Waals surface area contributed by atoms with Crippen LogP contribution in [0.25, 0.3) is 0 Å². The molecule has 0 atom stereocenters. The number of carbonyl (C=O) groups is 1. The molecule has 0 radical (unpaired) electrons. The van der Waals surface area contributed by atoms with Gasteiger partial charge in [-0.15, -0.1) is 11.3 Å². The average molecular weight is 238 g/mol. The van der Waals surface area contributed by atoms with Crippen molar-refractivity contribution in [2.24, 2.45) is 0 Å². The van der Waals surface area contributed by atoms with Crippen molar-refractivity contribution < 1.29 is 4.79 Å². The van der Waals surface area contributed by atoms with Crippen LogP contribution in [0.5, 0.6) is 0 Å². The average Bonchev–Trinajstić information content (AvgIpc) is 2.10.